The maximum atomic E-state index is 11.3. The molecule has 0 aliphatic carbocycles. The lowest BCUT2D eigenvalue weighted by molar-refractivity contribution is -0.143. The van der Waals surface area contributed by atoms with E-state index in [1.165, 1.54) is 0 Å². The van der Waals surface area contributed by atoms with Crippen LogP contribution in [0.4, 0.5) is 0 Å². The molecule has 1 N–H and O–H groups in total. The molecule has 19 heavy (non-hydrogen) atoms. The quantitative estimate of drug-likeness (QED) is 0.838. The number of ether oxygens (including phenoxy) is 1. The largest absolute Gasteiger partial charge is 0.478 e. The number of benzene rings is 1. The number of aromatic carboxylic acids is 1. The first kappa shape index (κ1) is 13.1. The van der Waals surface area contributed by atoms with Crippen molar-refractivity contribution in [2.24, 2.45) is 0 Å². The van der Waals surface area contributed by atoms with Gasteiger partial charge in [0.1, 0.15) is 0 Å². The summed E-state index contributed by atoms with van der Waals surface area (Å²) in [5.41, 5.74) is 1.17. The Labute approximate surface area is 110 Å². The number of esters is 1. The zero-order valence-electron chi connectivity index (χ0n) is 10.6. The summed E-state index contributed by atoms with van der Waals surface area (Å²) in [7, 11) is 0. The Balaban J connectivity index is 2.17. The molecule has 0 unspecified atom stereocenters. The Morgan fingerprint density at radius 3 is 2.79 bits per heavy atom. The lowest BCUT2D eigenvalue weighted by Gasteiger charge is -2.05. The molecule has 0 fully saturated rings. The molecule has 0 aliphatic heterocycles. The van der Waals surface area contributed by atoms with Crippen LogP contribution in [0.25, 0.3) is 10.9 Å². The van der Waals surface area contributed by atoms with E-state index < -0.39 is 5.97 Å². The lowest BCUT2D eigenvalue weighted by Crippen LogP contribution is -2.08. The second kappa shape index (κ2) is 5.56. The Hall–Kier alpha value is -2.30. The second-order valence-corrected chi connectivity index (χ2v) is 4.14. The molecule has 1 heterocycles. The zero-order valence-corrected chi connectivity index (χ0v) is 10.6. The number of rotatable bonds is 5. The van der Waals surface area contributed by atoms with Gasteiger partial charge in [0, 0.05) is 23.6 Å². The molecular formula is C14H15NO4. The molecule has 0 atom stereocenters. The van der Waals surface area contributed by atoms with Crippen LogP contribution < -0.4 is 0 Å². The van der Waals surface area contributed by atoms with Crippen molar-refractivity contribution >= 4 is 22.8 Å². The minimum absolute atomic E-state index is 0.230. The van der Waals surface area contributed by atoms with Gasteiger partial charge in [-0.3, -0.25) is 4.79 Å². The van der Waals surface area contributed by atoms with Crippen molar-refractivity contribution in [2.75, 3.05) is 6.61 Å². The van der Waals surface area contributed by atoms with Gasteiger partial charge in [0.05, 0.1) is 18.6 Å². The first-order chi connectivity index (χ1) is 9.11. The number of hydrogen-bond acceptors (Lipinski definition) is 3. The van der Waals surface area contributed by atoms with Crippen LogP contribution in [0.5, 0.6) is 0 Å². The number of carbonyl (C=O) groups excluding carboxylic acids is 1. The predicted octanol–water partition coefficient (Wildman–Crippen LogP) is 2.29. The SMILES string of the molecule is CCOC(=O)CCn1ccc2cc(C(=O)O)ccc21. The monoisotopic (exact) mass is 261 g/mol. The van der Waals surface area contributed by atoms with Gasteiger partial charge in [-0.1, -0.05) is 0 Å². The highest BCUT2D eigenvalue weighted by atomic mass is 16.5. The van der Waals surface area contributed by atoms with Gasteiger partial charge in [0.15, 0.2) is 0 Å². The summed E-state index contributed by atoms with van der Waals surface area (Å²) < 4.78 is 6.79. The highest BCUT2D eigenvalue weighted by Crippen LogP contribution is 2.18. The molecular weight excluding hydrogens is 246 g/mol. The van der Waals surface area contributed by atoms with Crippen LogP contribution in [0, 0.1) is 0 Å². The van der Waals surface area contributed by atoms with E-state index in [0.29, 0.717) is 19.6 Å². The average molecular weight is 261 g/mol. The van der Waals surface area contributed by atoms with Crippen LogP contribution in [-0.2, 0) is 16.1 Å². The third kappa shape index (κ3) is 2.93. The summed E-state index contributed by atoms with van der Waals surface area (Å²) in [5.74, 6) is -1.17. The van der Waals surface area contributed by atoms with Crippen molar-refractivity contribution in [3.05, 3.63) is 36.0 Å². The van der Waals surface area contributed by atoms with Gasteiger partial charge < -0.3 is 14.4 Å². The van der Waals surface area contributed by atoms with Crippen LogP contribution in [0.3, 0.4) is 0 Å². The maximum absolute atomic E-state index is 11.3. The number of fused-ring (bicyclic) bond motifs is 1. The highest BCUT2D eigenvalue weighted by Gasteiger charge is 2.08. The van der Waals surface area contributed by atoms with Crippen molar-refractivity contribution in [2.45, 2.75) is 19.9 Å². The molecule has 5 heteroatoms. The van der Waals surface area contributed by atoms with Crippen LogP contribution in [0.1, 0.15) is 23.7 Å². The Morgan fingerprint density at radius 1 is 1.32 bits per heavy atom. The standard InChI is InChI=1S/C14H15NO4/c1-2-19-13(16)6-8-15-7-5-10-9-11(14(17)18)3-4-12(10)15/h3-5,7,9H,2,6,8H2,1H3,(H,17,18). The highest BCUT2D eigenvalue weighted by molar-refractivity contribution is 5.93. The van der Waals surface area contributed by atoms with Gasteiger partial charge >= 0.3 is 11.9 Å². The van der Waals surface area contributed by atoms with Crippen LogP contribution in [0.15, 0.2) is 30.5 Å². The fraction of sp³-hybridized carbons (Fsp3) is 0.286. The minimum Gasteiger partial charge on any atom is -0.478 e. The van der Waals surface area contributed by atoms with Gasteiger partial charge in [0.25, 0.3) is 0 Å². The summed E-state index contributed by atoms with van der Waals surface area (Å²) in [5, 5.41) is 9.77. The molecule has 2 rings (SSSR count). The maximum Gasteiger partial charge on any atom is 0.335 e. The summed E-state index contributed by atoms with van der Waals surface area (Å²) in [4.78, 5) is 22.2. The van der Waals surface area contributed by atoms with Crippen molar-refractivity contribution in [1.29, 1.82) is 0 Å². The predicted molar refractivity (Wildman–Crippen MR) is 70.1 cm³/mol. The third-order valence-electron chi connectivity index (χ3n) is 2.88. The number of carboxylic acids is 1. The van der Waals surface area contributed by atoms with E-state index in [-0.39, 0.29) is 11.5 Å². The number of hydrogen-bond donors (Lipinski definition) is 1. The smallest absolute Gasteiger partial charge is 0.335 e. The molecule has 0 radical (unpaired) electrons. The van der Waals surface area contributed by atoms with E-state index in [1.54, 1.807) is 25.1 Å². The molecule has 1 aromatic carbocycles. The summed E-state index contributed by atoms with van der Waals surface area (Å²) in [6.45, 7) is 2.68. The number of carbonyl (C=O) groups is 2. The van der Waals surface area contributed by atoms with E-state index in [4.69, 9.17) is 9.84 Å². The van der Waals surface area contributed by atoms with Crippen LogP contribution in [0.2, 0.25) is 0 Å². The van der Waals surface area contributed by atoms with E-state index in [1.807, 2.05) is 16.8 Å². The summed E-state index contributed by atoms with van der Waals surface area (Å²) >= 11 is 0. The number of aromatic nitrogens is 1. The fourth-order valence-corrected chi connectivity index (χ4v) is 1.97. The van der Waals surface area contributed by atoms with Crippen LogP contribution in [-0.4, -0.2) is 28.2 Å². The molecule has 0 aliphatic rings. The summed E-state index contributed by atoms with van der Waals surface area (Å²) in [6.07, 6.45) is 2.15. The van der Waals surface area contributed by atoms with E-state index in [0.717, 1.165) is 10.9 Å². The number of carboxylic acid groups (broad SMARTS) is 1. The molecule has 100 valence electrons. The molecule has 1 aromatic heterocycles. The molecule has 5 nitrogen and oxygen atoms in total. The summed E-state index contributed by atoms with van der Waals surface area (Å²) in [6, 6.07) is 6.78. The van der Waals surface area contributed by atoms with Crippen molar-refractivity contribution in [3.8, 4) is 0 Å². The first-order valence-corrected chi connectivity index (χ1v) is 6.09. The molecule has 0 bridgehead atoms. The Kier molecular flexibility index (Phi) is 3.85. The van der Waals surface area contributed by atoms with Gasteiger partial charge in [0.2, 0.25) is 0 Å². The van der Waals surface area contributed by atoms with E-state index >= 15 is 0 Å². The van der Waals surface area contributed by atoms with Crippen molar-refractivity contribution < 1.29 is 19.4 Å². The second-order valence-electron chi connectivity index (χ2n) is 4.14. The Morgan fingerprint density at radius 2 is 2.11 bits per heavy atom. The topological polar surface area (TPSA) is 68.5 Å². The average Bonchev–Trinajstić information content (AvgIpc) is 2.79. The van der Waals surface area contributed by atoms with Crippen molar-refractivity contribution in [3.63, 3.8) is 0 Å². The van der Waals surface area contributed by atoms with E-state index in [9.17, 15) is 9.59 Å². The fourth-order valence-electron chi connectivity index (χ4n) is 1.97. The van der Waals surface area contributed by atoms with E-state index in [2.05, 4.69) is 0 Å². The molecule has 2 aromatic rings. The van der Waals surface area contributed by atoms with Gasteiger partial charge in [-0.2, -0.15) is 0 Å². The zero-order chi connectivity index (χ0) is 13.8. The van der Waals surface area contributed by atoms with Crippen LogP contribution >= 0.6 is 0 Å². The molecule has 0 saturated heterocycles. The molecule has 0 amide bonds. The molecule has 0 saturated carbocycles. The lowest BCUT2D eigenvalue weighted by atomic mass is 10.1. The third-order valence-corrected chi connectivity index (χ3v) is 2.88. The van der Waals surface area contributed by atoms with Gasteiger partial charge in [-0.15, -0.1) is 0 Å². The van der Waals surface area contributed by atoms with Crippen molar-refractivity contribution in [1.82, 2.24) is 4.57 Å². The van der Waals surface area contributed by atoms with Gasteiger partial charge in [-0.25, -0.2) is 4.79 Å². The molecule has 0 spiro atoms. The first-order valence-electron chi connectivity index (χ1n) is 6.09. The number of nitrogens with zero attached hydrogens (tertiary/aromatic N) is 1. The van der Waals surface area contributed by atoms with Gasteiger partial charge in [-0.05, 0) is 31.2 Å². The normalized spacial score (nSPS) is 10.6. The number of aryl methyl sites for hydroxylation is 1. The minimum atomic E-state index is -0.943. The Bertz CT molecular complexity index is 615.